The lowest BCUT2D eigenvalue weighted by Gasteiger charge is -2.09. The molecule has 0 fully saturated rings. The van der Waals surface area contributed by atoms with E-state index < -0.39 is 12.1 Å². The number of carbonyl (C=O) groups excluding carboxylic acids is 1. The molecule has 0 bridgehead atoms. The van der Waals surface area contributed by atoms with Crippen molar-refractivity contribution in [3.05, 3.63) is 29.6 Å². The number of aromatic nitrogens is 1. The number of hydrogen-bond acceptors (Lipinski definition) is 4. The topological polar surface area (TPSA) is 59.4 Å². The minimum Gasteiger partial charge on any atom is -0.469 e. The van der Waals surface area contributed by atoms with E-state index in [9.17, 15) is 9.90 Å². The average Bonchev–Trinajstić information content (AvgIpc) is 2.17. The molecule has 1 N–H and O–H groups in total. The molecule has 1 aromatic rings. The van der Waals surface area contributed by atoms with Crippen molar-refractivity contribution < 1.29 is 14.6 Å². The quantitative estimate of drug-likeness (QED) is 0.730. The summed E-state index contributed by atoms with van der Waals surface area (Å²) in [6.07, 6.45) is 2.35. The largest absolute Gasteiger partial charge is 0.469 e. The van der Waals surface area contributed by atoms with Crippen molar-refractivity contribution in [1.82, 2.24) is 4.98 Å². The number of aliphatic hydroxyl groups excluding tert-OH is 1. The van der Waals surface area contributed by atoms with Gasteiger partial charge in [0, 0.05) is 12.4 Å². The predicted octanol–water partition coefficient (Wildman–Crippen LogP) is 0.987. The van der Waals surface area contributed by atoms with E-state index in [-0.39, 0.29) is 6.42 Å². The Balaban J connectivity index is 2.69. The summed E-state index contributed by atoms with van der Waals surface area (Å²) in [4.78, 5) is 14.8. The second-order valence-electron chi connectivity index (χ2n) is 3.09. The van der Waals surface area contributed by atoms with Gasteiger partial charge in [0.2, 0.25) is 0 Å². The van der Waals surface area contributed by atoms with Crippen molar-refractivity contribution >= 4 is 5.97 Å². The van der Waals surface area contributed by atoms with Gasteiger partial charge in [0.15, 0.2) is 0 Å². The molecule has 1 rings (SSSR count). The SMILES string of the molecule is COC(=O)C[C@H](O)c1cncc(C)c1. The van der Waals surface area contributed by atoms with Crippen molar-refractivity contribution in [2.45, 2.75) is 19.4 Å². The molecule has 1 heterocycles. The van der Waals surface area contributed by atoms with Crippen LogP contribution in [0.15, 0.2) is 18.5 Å². The van der Waals surface area contributed by atoms with E-state index in [0.29, 0.717) is 5.56 Å². The first-order chi connectivity index (χ1) is 6.63. The van der Waals surface area contributed by atoms with Gasteiger partial charge in [-0.05, 0) is 18.1 Å². The minimum absolute atomic E-state index is 0.0400. The number of methoxy groups -OCH3 is 1. The van der Waals surface area contributed by atoms with Crippen LogP contribution < -0.4 is 0 Å². The van der Waals surface area contributed by atoms with Gasteiger partial charge in [-0.3, -0.25) is 9.78 Å². The van der Waals surface area contributed by atoms with Crippen molar-refractivity contribution in [3.63, 3.8) is 0 Å². The first kappa shape index (κ1) is 10.7. The molecule has 14 heavy (non-hydrogen) atoms. The van der Waals surface area contributed by atoms with Crippen LogP contribution >= 0.6 is 0 Å². The van der Waals surface area contributed by atoms with E-state index in [1.54, 1.807) is 18.5 Å². The maximum atomic E-state index is 10.9. The third-order valence-electron chi connectivity index (χ3n) is 1.87. The van der Waals surface area contributed by atoms with Crippen LogP contribution in [0.3, 0.4) is 0 Å². The van der Waals surface area contributed by atoms with Crippen LogP contribution in [0.5, 0.6) is 0 Å². The molecule has 0 aromatic carbocycles. The summed E-state index contributed by atoms with van der Waals surface area (Å²) in [5.41, 5.74) is 1.59. The van der Waals surface area contributed by atoms with E-state index in [4.69, 9.17) is 0 Å². The number of nitrogens with zero attached hydrogens (tertiary/aromatic N) is 1. The molecule has 4 heteroatoms. The Morgan fingerprint density at radius 3 is 2.93 bits per heavy atom. The zero-order valence-corrected chi connectivity index (χ0v) is 8.23. The van der Waals surface area contributed by atoms with Gasteiger partial charge in [-0.2, -0.15) is 0 Å². The molecule has 0 saturated carbocycles. The smallest absolute Gasteiger partial charge is 0.308 e. The summed E-state index contributed by atoms with van der Waals surface area (Å²) in [5, 5.41) is 9.61. The second kappa shape index (κ2) is 4.72. The fraction of sp³-hybridized carbons (Fsp3) is 0.400. The minimum atomic E-state index is -0.838. The lowest BCUT2D eigenvalue weighted by Crippen LogP contribution is -2.08. The van der Waals surface area contributed by atoms with Crippen molar-refractivity contribution in [3.8, 4) is 0 Å². The fourth-order valence-corrected chi connectivity index (χ4v) is 1.12. The standard InChI is InChI=1S/C10H13NO3/c1-7-3-8(6-11-5-7)9(12)4-10(13)14-2/h3,5-6,9,12H,4H2,1-2H3/t9-/m0/s1. The van der Waals surface area contributed by atoms with Gasteiger partial charge in [-0.1, -0.05) is 6.07 Å². The van der Waals surface area contributed by atoms with Crippen LogP contribution in [0, 0.1) is 6.92 Å². The van der Waals surface area contributed by atoms with Gasteiger partial charge in [-0.25, -0.2) is 0 Å². The molecule has 0 radical (unpaired) electrons. The van der Waals surface area contributed by atoms with Crippen LogP contribution in [0.25, 0.3) is 0 Å². The fourth-order valence-electron chi connectivity index (χ4n) is 1.12. The number of aliphatic hydroxyl groups is 1. The Morgan fingerprint density at radius 1 is 1.64 bits per heavy atom. The number of ether oxygens (including phenoxy) is 1. The summed E-state index contributed by atoms with van der Waals surface area (Å²) in [6, 6.07) is 1.79. The molecular formula is C10H13NO3. The molecule has 0 spiro atoms. The van der Waals surface area contributed by atoms with Crippen molar-refractivity contribution in [2.75, 3.05) is 7.11 Å². The Kier molecular flexibility index (Phi) is 3.59. The Labute approximate surface area is 82.5 Å². The number of rotatable bonds is 3. The predicted molar refractivity (Wildman–Crippen MR) is 50.6 cm³/mol. The number of hydrogen-bond donors (Lipinski definition) is 1. The van der Waals surface area contributed by atoms with Gasteiger partial charge in [0.25, 0.3) is 0 Å². The molecular weight excluding hydrogens is 182 g/mol. The number of carbonyl (C=O) groups is 1. The van der Waals surface area contributed by atoms with Gasteiger partial charge in [-0.15, -0.1) is 0 Å². The molecule has 0 unspecified atom stereocenters. The summed E-state index contributed by atoms with van der Waals surface area (Å²) < 4.78 is 4.45. The molecule has 1 atom stereocenters. The first-order valence-corrected chi connectivity index (χ1v) is 4.30. The molecule has 0 saturated heterocycles. The van der Waals surface area contributed by atoms with Gasteiger partial charge in [0.1, 0.15) is 0 Å². The van der Waals surface area contributed by atoms with Gasteiger partial charge >= 0.3 is 5.97 Å². The number of esters is 1. The Bertz CT molecular complexity index is 325. The first-order valence-electron chi connectivity index (χ1n) is 4.30. The number of aryl methyl sites for hydroxylation is 1. The molecule has 76 valence electrons. The van der Waals surface area contributed by atoms with Gasteiger partial charge < -0.3 is 9.84 Å². The zero-order valence-electron chi connectivity index (χ0n) is 8.23. The third kappa shape index (κ3) is 2.81. The molecule has 0 aliphatic carbocycles. The highest BCUT2D eigenvalue weighted by Crippen LogP contribution is 2.16. The Morgan fingerprint density at radius 2 is 2.36 bits per heavy atom. The normalized spacial score (nSPS) is 12.2. The molecule has 0 aliphatic rings. The summed E-state index contributed by atoms with van der Waals surface area (Å²) >= 11 is 0. The van der Waals surface area contributed by atoms with E-state index in [1.807, 2.05) is 6.92 Å². The van der Waals surface area contributed by atoms with Crippen LogP contribution in [0.1, 0.15) is 23.7 Å². The zero-order chi connectivity index (χ0) is 10.6. The van der Waals surface area contributed by atoms with Crippen molar-refractivity contribution in [2.24, 2.45) is 0 Å². The van der Waals surface area contributed by atoms with Crippen LogP contribution in [-0.2, 0) is 9.53 Å². The molecule has 0 amide bonds. The lowest BCUT2D eigenvalue weighted by molar-refractivity contribution is -0.142. The van der Waals surface area contributed by atoms with Crippen molar-refractivity contribution in [1.29, 1.82) is 0 Å². The van der Waals surface area contributed by atoms with Crippen LogP contribution in [0.4, 0.5) is 0 Å². The maximum Gasteiger partial charge on any atom is 0.308 e. The highest BCUT2D eigenvalue weighted by Gasteiger charge is 2.13. The van der Waals surface area contributed by atoms with E-state index in [2.05, 4.69) is 9.72 Å². The highest BCUT2D eigenvalue weighted by molar-refractivity contribution is 5.70. The summed E-state index contributed by atoms with van der Waals surface area (Å²) in [6.45, 7) is 1.88. The van der Waals surface area contributed by atoms with Crippen LogP contribution in [0.2, 0.25) is 0 Å². The summed E-state index contributed by atoms with van der Waals surface area (Å²) in [5.74, 6) is -0.431. The molecule has 1 aromatic heterocycles. The monoisotopic (exact) mass is 195 g/mol. The van der Waals surface area contributed by atoms with E-state index in [1.165, 1.54) is 7.11 Å². The number of pyridine rings is 1. The van der Waals surface area contributed by atoms with E-state index in [0.717, 1.165) is 5.56 Å². The summed E-state index contributed by atoms with van der Waals surface area (Å²) in [7, 11) is 1.30. The van der Waals surface area contributed by atoms with E-state index >= 15 is 0 Å². The van der Waals surface area contributed by atoms with Gasteiger partial charge in [0.05, 0.1) is 19.6 Å². The Hall–Kier alpha value is -1.42. The highest BCUT2D eigenvalue weighted by atomic mass is 16.5. The average molecular weight is 195 g/mol. The maximum absolute atomic E-state index is 10.9. The van der Waals surface area contributed by atoms with Crippen LogP contribution in [-0.4, -0.2) is 23.2 Å². The molecule has 4 nitrogen and oxygen atoms in total. The second-order valence-corrected chi connectivity index (χ2v) is 3.09. The lowest BCUT2D eigenvalue weighted by atomic mass is 10.1. The third-order valence-corrected chi connectivity index (χ3v) is 1.87. The molecule has 0 aliphatic heterocycles.